The molecule has 1 heterocycles. The summed E-state index contributed by atoms with van der Waals surface area (Å²) in [7, 11) is -3.18. The van der Waals surface area contributed by atoms with E-state index < -0.39 is 21.9 Å². The van der Waals surface area contributed by atoms with E-state index in [-0.39, 0.29) is 24.1 Å². The van der Waals surface area contributed by atoms with Crippen molar-refractivity contribution in [2.75, 3.05) is 25.4 Å². The van der Waals surface area contributed by atoms with Gasteiger partial charge in [-0.15, -0.1) is 0 Å². The lowest BCUT2D eigenvalue weighted by Gasteiger charge is -2.30. The molecule has 1 aliphatic rings. The van der Waals surface area contributed by atoms with Gasteiger partial charge in [0.1, 0.15) is 0 Å². The standard InChI is InChI=1S/C12H22N2O5S/c1-3-20(18,19)14-6-4-10(5-7-14)11(15)13-8-9(2)12(16)17/h9-10H,3-8H2,1-2H3,(H,13,15)(H,16,17). The van der Waals surface area contributed by atoms with Crippen molar-refractivity contribution in [2.24, 2.45) is 11.8 Å². The van der Waals surface area contributed by atoms with Crippen LogP contribution in [0.2, 0.25) is 0 Å². The van der Waals surface area contributed by atoms with Gasteiger partial charge in [0.25, 0.3) is 0 Å². The maximum Gasteiger partial charge on any atom is 0.308 e. The molecule has 7 nitrogen and oxygen atoms in total. The number of carbonyl (C=O) groups is 2. The van der Waals surface area contributed by atoms with E-state index in [1.54, 1.807) is 6.92 Å². The van der Waals surface area contributed by atoms with Crippen LogP contribution in [-0.4, -0.2) is 55.1 Å². The first-order valence-electron chi connectivity index (χ1n) is 6.76. The summed E-state index contributed by atoms with van der Waals surface area (Å²) < 4.78 is 24.8. The first-order chi connectivity index (χ1) is 9.27. The number of carboxylic acid groups (broad SMARTS) is 1. The minimum Gasteiger partial charge on any atom is -0.481 e. The molecule has 0 aromatic rings. The number of nitrogens with one attached hydrogen (secondary N) is 1. The Morgan fingerprint density at radius 2 is 1.90 bits per heavy atom. The third-order valence-electron chi connectivity index (χ3n) is 3.59. The van der Waals surface area contributed by atoms with Crippen LogP contribution < -0.4 is 5.32 Å². The van der Waals surface area contributed by atoms with E-state index in [1.807, 2.05) is 0 Å². The van der Waals surface area contributed by atoms with Crippen molar-refractivity contribution < 1.29 is 23.1 Å². The maximum atomic E-state index is 11.9. The summed E-state index contributed by atoms with van der Waals surface area (Å²) in [6, 6.07) is 0. The van der Waals surface area contributed by atoms with Crippen molar-refractivity contribution in [1.82, 2.24) is 9.62 Å². The fraction of sp³-hybridized carbons (Fsp3) is 0.833. The average molecular weight is 306 g/mol. The molecule has 8 heteroatoms. The first-order valence-corrected chi connectivity index (χ1v) is 8.37. The highest BCUT2D eigenvalue weighted by atomic mass is 32.2. The fourth-order valence-corrected chi connectivity index (χ4v) is 3.20. The second kappa shape index (κ2) is 7.03. The Morgan fingerprint density at radius 3 is 2.35 bits per heavy atom. The highest BCUT2D eigenvalue weighted by Gasteiger charge is 2.30. The van der Waals surface area contributed by atoms with Crippen LogP contribution in [0, 0.1) is 11.8 Å². The largest absolute Gasteiger partial charge is 0.481 e. The zero-order valence-electron chi connectivity index (χ0n) is 11.8. The summed E-state index contributed by atoms with van der Waals surface area (Å²) in [5, 5.41) is 11.3. The summed E-state index contributed by atoms with van der Waals surface area (Å²) in [5.41, 5.74) is 0. The third-order valence-corrected chi connectivity index (χ3v) is 5.47. The minimum absolute atomic E-state index is 0.0694. The quantitative estimate of drug-likeness (QED) is 0.712. The topological polar surface area (TPSA) is 104 Å². The Morgan fingerprint density at radius 1 is 1.35 bits per heavy atom. The molecular formula is C12H22N2O5S. The summed E-state index contributed by atoms with van der Waals surface area (Å²) in [6.45, 7) is 3.92. The molecule has 1 rings (SSSR count). The monoisotopic (exact) mass is 306 g/mol. The number of hydrogen-bond acceptors (Lipinski definition) is 4. The van der Waals surface area contributed by atoms with Gasteiger partial charge in [-0.25, -0.2) is 12.7 Å². The predicted octanol–water partition coefficient (Wildman–Crippen LogP) is -0.115. The van der Waals surface area contributed by atoms with Gasteiger partial charge in [0.2, 0.25) is 15.9 Å². The van der Waals surface area contributed by atoms with Gasteiger partial charge in [0, 0.05) is 25.6 Å². The summed E-state index contributed by atoms with van der Waals surface area (Å²) in [6.07, 6.45) is 0.957. The van der Waals surface area contributed by atoms with Crippen molar-refractivity contribution in [2.45, 2.75) is 26.7 Å². The Balaban J connectivity index is 2.42. The molecule has 1 fully saturated rings. The number of piperidine rings is 1. The van der Waals surface area contributed by atoms with Crippen LogP contribution in [0.15, 0.2) is 0 Å². The molecule has 116 valence electrons. The molecule has 0 aromatic heterocycles. The molecule has 1 saturated heterocycles. The van der Waals surface area contributed by atoms with Crippen molar-refractivity contribution in [1.29, 1.82) is 0 Å². The van der Waals surface area contributed by atoms with Gasteiger partial charge in [0.15, 0.2) is 0 Å². The van der Waals surface area contributed by atoms with E-state index >= 15 is 0 Å². The van der Waals surface area contributed by atoms with Gasteiger partial charge in [-0.3, -0.25) is 9.59 Å². The van der Waals surface area contributed by atoms with Crippen LogP contribution in [0.1, 0.15) is 26.7 Å². The van der Waals surface area contributed by atoms with Gasteiger partial charge in [-0.1, -0.05) is 6.92 Å². The van der Waals surface area contributed by atoms with Gasteiger partial charge < -0.3 is 10.4 Å². The van der Waals surface area contributed by atoms with E-state index in [4.69, 9.17) is 5.11 Å². The van der Waals surface area contributed by atoms with Crippen LogP contribution >= 0.6 is 0 Å². The average Bonchev–Trinajstić information content (AvgIpc) is 2.44. The van der Waals surface area contributed by atoms with E-state index in [1.165, 1.54) is 11.2 Å². The molecule has 1 amide bonds. The van der Waals surface area contributed by atoms with E-state index in [9.17, 15) is 18.0 Å². The van der Waals surface area contributed by atoms with Crippen molar-refractivity contribution in [3.05, 3.63) is 0 Å². The predicted molar refractivity (Wildman–Crippen MR) is 73.6 cm³/mol. The molecular weight excluding hydrogens is 284 g/mol. The Hall–Kier alpha value is -1.15. The zero-order valence-corrected chi connectivity index (χ0v) is 12.6. The van der Waals surface area contributed by atoms with Crippen LogP contribution in [0.5, 0.6) is 0 Å². The molecule has 1 unspecified atom stereocenters. The number of nitrogens with zero attached hydrogens (tertiary/aromatic N) is 1. The van der Waals surface area contributed by atoms with Gasteiger partial charge in [0.05, 0.1) is 11.7 Å². The SMILES string of the molecule is CCS(=O)(=O)N1CCC(C(=O)NCC(C)C(=O)O)CC1. The summed E-state index contributed by atoms with van der Waals surface area (Å²) in [5.74, 6) is -1.93. The molecule has 2 N–H and O–H groups in total. The molecule has 0 spiro atoms. The van der Waals surface area contributed by atoms with Crippen LogP contribution in [0.4, 0.5) is 0 Å². The summed E-state index contributed by atoms with van der Waals surface area (Å²) >= 11 is 0. The molecule has 0 saturated carbocycles. The van der Waals surface area contributed by atoms with Gasteiger partial charge >= 0.3 is 5.97 Å². The van der Waals surface area contributed by atoms with Crippen LogP contribution in [0.3, 0.4) is 0 Å². The smallest absolute Gasteiger partial charge is 0.308 e. The minimum atomic E-state index is -3.18. The Bertz CT molecular complexity index is 454. The fourth-order valence-electron chi connectivity index (χ4n) is 2.06. The molecule has 0 bridgehead atoms. The zero-order chi connectivity index (χ0) is 15.3. The molecule has 0 radical (unpaired) electrons. The lowest BCUT2D eigenvalue weighted by atomic mass is 9.97. The molecule has 20 heavy (non-hydrogen) atoms. The van der Waals surface area contributed by atoms with Crippen molar-refractivity contribution >= 4 is 21.9 Å². The molecule has 0 aliphatic carbocycles. The van der Waals surface area contributed by atoms with E-state index in [0.717, 1.165) is 0 Å². The van der Waals surface area contributed by atoms with Crippen LogP contribution in [-0.2, 0) is 19.6 Å². The lowest BCUT2D eigenvalue weighted by Crippen LogP contribution is -2.44. The number of carbonyl (C=O) groups excluding carboxylic acids is 1. The van der Waals surface area contributed by atoms with E-state index in [2.05, 4.69) is 5.32 Å². The Kier molecular flexibility index (Phi) is 5.94. The number of carboxylic acids is 1. The van der Waals surface area contributed by atoms with Gasteiger partial charge in [-0.05, 0) is 19.8 Å². The molecule has 1 aliphatic heterocycles. The van der Waals surface area contributed by atoms with Crippen molar-refractivity contribution in [3.63, 3.8) is 0 Å². The number of amides is 1. The number of rotatable bonds is 6. The summed E-state index contributed by atoms with van der Waals surface area (Å²) in [4.78, 5) is 22.5. The molecule has 1 atom stereocenters. The normalized spacial score (nSPS) is 19.5. The number of aliphatic carboxylic acids is 1. The van der Waals surface area contributed by atoms with Gasteiger partial charge in [-0.2, -0.15) is 0 Å². The lowest BCUT2D eigenvalue weighted by molar-refractivity contribution is -0.141. The Labute approximate surface area is 119 Å². The maximum absolute atomic E-state index is 11.9. The molecule has 0 aromatic carbocycles. The van der Waals surface area contributed by atoms with Crippen molar-refractivity contribution in [3.8, 4) is 0 Å². The van der Waals surface area contributed by atoms with Crippen LogP contribution in [0.25, 0.3) is 0 Å². The highest BCUT2D eigenvalue weighted by molar-refractivity contribution is 7.89. The first kappa shape index (κ1) is 16.9. The second-order valence-electron chi connectivity index (χ2n) is 5.06. The second-order valence-corrected chi connectivity index (χ2v) is 7.32. The highest BCUT2D eigenvalue weighted by Crippen LogP contribution is 2.20. The van der Waals surface area contributed by atoms with E-state index in [0.29, 0.717) is 25.9 Å². The number of hydrogen-bond donors (Lipinski definition) is 2. The third kappa shape index (κ3) is 4.45. The number of sulfonamides is 1.